The van der Waals surface area contributed by atoms with Crippen molar-refractivity contribution in [3.63, 3.8) is 0 Å². The highest BCUT2D eigenvalue weighted by molar-refractivity contribution is 5.96. The number of rotatable bonds is 2. The number of hydrogen-bond donors (Lipinski definition) is 0. The Morgan fingerprint density at radius 3 is 2.37 bits per heavy atom. The van der Waals surface area contributed by atoms with E-state index in [-0.39, 0.29) is 11.6 Å². The van der Waals surface area contributed by atoms with Crippen molar-refractivity contribution in [1.29, 1.82) is 0 Å². The summed E-state index contributed by atoms with van der Waals surface area (Å²) in [6, 6.07) is 10.9. The molecule has 0 radical (unpaired) electrons. The summed E-state index contributed by atoms with van der Waals surface area (Å²) in [7, 11) is 0. The lowest BCUT2D eigenvalue weighted by molar-refractivity contribution is 0.0934. The largest absolute Gasteiger partial charge is 0.293 e. The highest BCUT2D eigenvalue weighted by Gasteiger charge is 2.44. The van der Waals surface area contributed by atoms with Crippen LogP contribution in [0.5, 0.6) is 0 Å². The monoisotopic (exact) mass is 256 g/mol. The summed E-state index contributed by atoms with van der Waals surface area (Å²) in [5.74, 6) is 0.714. The van der Waals surface area contributed by atoms with Gasteiger partial charge < -0.3 is 0 Å². The van der Waals surface area contributed by atoms with E-state index in [1.807, 2.05) is 0 Å². The highest BCUT2D eigenvalue weighted by Crippen LogP contribution is 2.38. The van der Waals surface area contributed by atoms with E-state index < -0.39 is 0 Å². The molecule has 2 heteroatoms. The Morgan fingerprint density at radius 1 is 1.16 bits per heavy atom. The van der Waals surface area contributed by atoms with Crippen LogP contribution in [-0.2, 0) is 0 Å². The second-order valence-electron chi connectivity index (χ2n) is 6.42. The van der Waals surface area contributed by atoms with Gasteiger partial charge in [0.2, 0.25) is 0 Å². The second-order valence-corrected chi connectivity index (χ2v) is 6.42. The Hall–Kier alpha value is -1.15. The lowest BCUT2D eigenvalue weighted by atomic mass is 9.74. The molecule has 3 heterocycles. The molecule has 3 saturated heterocycles. The summed E-state index contributed by atoms with van der Waals surface area (Å²) in [5.41, 5.74) is 2.91. The molecule has 102 valence electrons. The summed E-state index contributed by atoms with van der Waals surface area (Å²) in [4.78, 5) is 7.72. The molecule has 0 amide bonds. The number of nitrogens with zero attached hydrogens (tertiary/aromatic N) is 2. The van der Waals surface area contributed by atoms with Crippen LogP contribution in [0.3, 0.4) is 0 Å². The Balaban J connectivity index is 1.90. The Kier molecular flexibility index (Phi) is 3.22. The van der Waals surface area contributed by atoms with Crippen LogP contribution in [0.15, 0.2) is 35.3 Å². The van der Waals surface area contributed by atoms with E-state index >= 15 is 0 Å². The van der Waals surface area contributed by atoms with Crippen molar-refractivity contribution in [3.05, 3.63) is 35.9 Å². The standard InChI is InChI=1S/C17H24N2/c1-13(14-7-5-4-6-8-14)18-16-15-9-11-19(12-10-15)17(16,2)3/h4-8,13,15H,9-12H2,1-3H3/t13-/m0/s1. The van der Waals surface area contributed by atoms with E-state index in [0.29, 0.717) is 5.92 Å². The van der Waals surface area contributed by atoms with Gasteiger partial charge in [-0.2, -0.15) is 0 Å². The fourth-order valence-electron chi connectivity index (χ4n) is 3.65. The van der Waals surface area contributed by atoms with E-state index in [4.69, 9.17) is 4.99 Å². The van der Waals surface area contributed by atoms with Crippen LogP contribution in [0.25, 0.3) is 0 Å². The van der Waals surface area contributed by atoms with E-state index in [1.54, 1.807) is 0 Å². The molecule has 3 fully saturated rings. The number of benzene rings is 1. The average molecular weight is 256 g/mol. The van der Waals surface area contributed by atoms with Crippen molar-refractivity contribution < 1.29 is 0 Å². The van der Waals surface area contributed by atoms with Crippen LogP contribution in [0.2, 0.25) is 0 Å². The van der Waals surface area contributed by atoms with Crippen LogP contribution in [-0.4, -0.2) is 29.2 Å². The van der Waals surface area contributed by atoms with E-state index in [0.717, 1.165) is 0 Å². The maximum atomic E-state index is 5.12. The third-order valence-corrected chi connectivity index (χ3v) is 4.91. The minimum atomic E-state index is 0.157. The summed E-state index contributed by atoms with van der Waals surface area (Å²) in [6.45, 7) is 9.40. The van der Waals surface area contributed by atoms with Gasteiger partial charge in [0.25, 0.3) is 0 Å². The number of fused-ring (bicyclic) bond motifs is 3. The zero-order chi connectivity index (χ0) is 13.5. The maximum absolute atomic E-state index is 5.12. The third kappa shape index (κ3) is 2.23. The van der Waals surface area contributed by atoms with E-state index in [2.05, 4.69) is 56.0 Å². The molecule has 0 aliphatic carbocycles. The van der Waals surface area contributed by atoms with E-state index in [9.17, 15) is 0 Å². The first-order chi connectivity index (χ1) is 9.09. The third-order valence-electron chi connectivity index (χ3n) is 4.91. The molecule has 4 rings (SSSR count). The van der Waals surface area contributed by atoms with Gasteiger partial charge in [0.15, 0.2) is 0 Å². The molecule has 1 atom stereocenters. The summed E-state index contributed by atoms with van der Waals surface area (Å²) in [5, 5.41) is 0. The first-order valence-electron chi connectivity index (χ1n) is 7.47. The topological polar surface area (TPSA) is 15.6 Å². The minimum Gasteiger partial charge on any atom is -0.293 e. The van der Waals surface area contributed by atoms with Gasteiger partial charge in [-0.05, 0) is 52.3 Å². The predicted octanol–water partition coefficient (Wildman–Crippen LogP) is 3.69. The molecule has 1 aromatic rings. The lowest BCUT2D eigenvalue weighted by Gasteiger charge is -2.52. The Labute approximate surface area is 116 Å². The Bertz CT molecular complexity index is 467. The summed E-state index contributed by atoms with van der Waals surface area (Å²) < 4.78 is 0. The van der Waals surface area contributed by atoms with Crippen molar-refractivity contribution >= 4 is 5.71 Å². The number of aliphatic imine (C=N–C) groups is 1. The molecule has 3 aliphatic rings. The van der Waals surface area contributed by atoms with E-state index in [1.165, 1.54) is 37.2 Å². The van der Waals surface area contributed by atoms with Crippen molar-refractivity contribution in [2.45, 2.75) is 45.2 Å². The molecule has 2 nitrogen and oxygen atoms in total. The second kappa shape index (κ2) is 4.75. The van der Waals surface area contributed by atoms with Crippen LogP contribution in [0, 0.1) is 5.92 Å². The highest BCUT2D eigenvalue weighted by atomic mass is 15.2. The van der Waals surface area contributed by atoms with Crippen molar-refractivity contribution in [1.82, 2.24) is 4.90 Å². The molecule has 2 bridgehead atoms. The molecule has 0 N–H and O–H groups in total. The fraction of sp³-hybridized carbons (Fsp3) is 0.588. The van der Waals surface area contributed by atoms with Gasteiger partial charge in [-0.3, -0.25) is 9.89 Å². The zero-order valence-electron chi connectivity index (χ0n) is 12.3. The summed E-state index contributed by atoms with van der Waals surface area (Å²) in [6.07, 6.45) is 2.59. The molecule has 0 saturated carbocycles. The number of piperidine rings is 3. The van der Waals surface area contributed by atoms with Gasteiger partial charge in [-0.1, -0.05) is 30.3 Å². The SMILES string of the molecule is C[C@H](N=C1C2CCN(CC2)C1(C)C)c1ccccc1. The molecule has 0 spiro atoms. The minimum absolute atomic E-state index is 0.157. The average Bonchev–Trinajstić information content (AvgIpc) is 2.44. The molecular formula is C17H24N2. The Morgan fingerprint density at radius 2 is 1.79 bits per heavy atom. The first kappa shape index (κ1) is 12.9. The van der Waals surface area contributed by atoms with Gasteiger partial charge in [0.1, 0.15) is 0 Å². The normalized spacial score (nSPS) is 32.5. The molecule has 3 aliphatic heterocycles. The van der Waals surface area contributed by atoms with Crippen LogP contribution in [0.4, 0.5) is 0 Å². The lowest BCUT2D eigenvalue weighted by Crippen LogP contribution is -2.61. The molecule has 0 unspecified atom stereocenters. The van der Waals surface area contributed by atoms with Gasteiger partial charge in [0.05, 0.1) is 11.6 Å². The fourth-order valence-corrected chi connectivity index (χ4v) is 3.65. The molecule has 19 heavy (non-hydrogen) atoms. The van der Waals surface area contributed by atoms with Gasteiger partial charge >= 0.3 is 0 Å². The smallest absolute Gasteiger partial charge is 0.0721 e. The zero-order valence-corrected chi connectivity index (χ0v) is 12.3. The summed E-state index contributed by atoms with van der Waals surface area (Å²) >= 11 is 0. The van der Waals surface area contributed by atoms with Crippen LogP contribution < -0.4 is 0 Å². The van der Waals surface area contributed by atoms with Crippen molar-refractivity contribution in [2.24, 2.45) is 10.9 Å². The first-order valence-corrected chi connectivity index (χ1v) is 7.47. The quantitative estimate of drug-likeness (QED) is 0.788. The molecule has 1 aromatic carbocycles. The van der Waals surface area contributed by atoms with Gasteiger partial charge in [-0.15, -0.1) is 0 Å². The molecular weight excluding hydrogens is 232 g/mol. The van der Waals surface area contributed by atoms with Crippen LogP contribution >= 0.6 is 0 Å². The predicted molar refractivity (Wildman–Crippen MR) is 80.7 cm³/mol. The van der Waals surface area contributed by atoms with Gasteiger partial charge in [0, 0.05) is 11.6 Å². The molecule has 0 aromatic heterocycles. The van der Waals surface area contributed by atoms with Crippen molar-refractivity contribution in [3.8, 4) is 0 Å². The van der Waals surface area contributed by atoms with Crippen LogP contribution in [0.1, 0.15) is 45.2 Å². The maximum Gasteiger partial charge on any atom is 0.0721 e. The number of hydrogen-bond acceptors (Lipinski definition) is 2. The van der Waals surface area contributed by atoms with Crippen molar-refractivity contribution in [2.75, 3.05) is 13.1 Å². The van der Waals surface area contributed by atoms with Gasteiger partial charge in [-0.25, -0.2) is 0 Å².